The maximum Gasteiger partial charge on any atom is 0.416 e. The lowest BCUT2D eigenvalue weighted by atomic mass is 10.2. The van der Waals surface area contributed by atoms with E-state index >= 15 is 0 Å². The molecule has 1 amide bonds. The van der Waals surface area contributed by atoms with E-state index in [1.54, 1.807) is 19.9 Å². The number of carbonyl (C=O) groups is 1. The van der Waals surface area contributed by atoms with E-state index in [9.17, 15) is 18.0 Å². The van der Waals surface area contributed by atoms with Gasteiger partial charge < -0.3 is 10.1 Å². The second-order valence-corrected chi connectivity index (χ2v) is 5.00. The minimum atomic E-state index is -4.45. The van der Waals surface area contributed by atoms with Crippen molar-refractivity contribution in [2.75, 3.05) is 12.4 Å². The molecule has 0 spiro atoms. The number of aromatic nitrogens is 2. The first-order valence-corrected chi connectivity index (χ1v) is 6.80. The van der Waals surface area contributed by atoms with Crippen molar-refractivity contribution in [3.63, 3.8) is 0 Å². The molecule has 23 heavy (non-hydrogen) atoms. The highest BCUT2D eigenvalue weighted by Gasteiger charge is 2.30. The molecule has 0 saturated carbocycles. The van der Waals surface area contributed by atoms with Gasteiger partial charge in [0, 0.05) is 13.2 Å². The van der Waals surface area contributed by atoms with Crippen LogP contribution in [0.25, 0.3) is 5.69 Å². The van der Waals surface area contributed by atoms with Crippen LogP contribution in [0.4, 0.5) is 19.0 Å². The summed E-state index contributed by atoms with van der Waals surface area (Å²) in [5, 5.41) is 6.73. The molecular formula is C15H16F3N3O2. The number of rotatable bonds is 4. The third kappa shape index (κ3) is 3.89. The summed E-state index contributed by atoms with van der Waals surface area (Å²) in [6, 6.07) is 6.29. The van der Waals surface area contributed by atoms with Crippen LogP contribution in [0.2, 0.25) is 0 Å². The summed E-state index contributed by atoms with van der Waals surface area (Å²) in [7, 11) is 1.39. The number of amides is 1. The van der Waals surface area contributed by atoms with Crippen molar-refractivity contribution in [1.29, 1.82) is 0 Å². The Kier molecular flexibility index (Phi) is 4.74. The number of anilines is 1. The van der Waals surface area contributed by atoms with Crippen LogP contribution in [0.5, 0.6) is 0 Å². The van der Waals surface area contributed by atoms with Crippen molar-refractivity contribution < 1.29 is 22.7 Å². The van der Waals surface area contributed by atoms with Crippen molar-refractivity contribution in [3.8, 4) is 5.69 Å². The normalized spacial score (nSPS) is 13.0. The molecule has 0 saturated heterocycles. The quantitative estimate of drug-likeness (QED) is 0.938. The molecule has 0 aliphatic rings. The van der Waals surface area contributed by atoms with Gasteiger partial charge in [0.1, 0.15) is 11.9 Å². The molecule has 1 atom stereocenters. The Balaban J connectivity index is 2.39. The maximum atomic E-state index is 12.8. The summed E-state index contributed by atoms with van der Waals surface area (Å²) in [5.74, 6) is -0.142. The van der Waals surface area contributed by atoms with Crippen LogP contribution < -0.4 is 5.32 Å². The molecular weight excluding hydrogens is 311 g/mol. The first kappa shape index (κ1) is 17.0. The second kappa shape index (κ2) is 6.41. The average molecular weight is 327 g/mol. The first-order chi connectivity index (χ1) is 10.7. The second-order valence-electron chi connectivity index (χ2n) is 5.00. The number of methoxy groups -OCH3 is 1. The number of benzene rings is 1. The van der Waals surface area contributed by atoms with Gasteiger partial charge in [-0.3, -0.25) is 4.79 Å². The van der Waals surface area contributed by atoms with Crippen LogP contribution in [0.15, 0.2) is 30.3 Å². The average Bonchev–Trinajstić information content (AvgIpc) is 2.86. The molecule has 2 aromatic rings. The minimum Gasteiger partial charge on any atom is -0.372 e. The lowest BCUT2D eigenvalue weighted by Gasteiger charge is -2.13. The van der Waals surface area contributed by atoms with Crippen LogP contribution in [0, 0.1) is 6.92 Å². The van der Waals surface area contributed by atoms with Gasteiger partial charge in [-0.2, -0.15) is 18.3 Å². The maximum absolute atomic E-state index is 12.8. The van der Waals surface area contributed by atoms with Crippen molar-refractivity contribution >= 4 is 11.7 Å². The molecule has 0 unspecified atom stereocenters. The summed E-state index contributed by atoms with van der Waals surface area (Å²) in [4.78, 5) is 11.9. The Labute approximate surface area is 131 Å². The van der Waals surface area contributed by atoms with E-state index in [-0.39, 0.29) is 11.5 Å². The van der Waals surface area contributed by atoms with Crippen molar-refractivity contribution in [2.24, 2.45) is 0 Å². The molecule has 0 fully saturated rings. The highest BCUT2D eigenvalue weighted by molar-refractivity contribution is 5.93. The minimum absolute atomic E-state index is 0.202. The molecule has 5 nitrogen and oxygen atoms in total. The zero-order valence-electron chi connectivity index (χ0n) is 12.8. The Morgan fingerprint density at radius 3 is 2.65 bits per heavy atom. The monoisotopic (exact) mass is 327 g/mol. The van der Waals surface area contributed by atoms with Gasteiger partial charge >= 0.3 is 6.18 Å². The Morgan fingerprint density at radius 1 is 1.35 bits per heavy atom. The molecule has 0 aliphatic carbocycles. The van der Waals surface area contributed by atoms with Crippen LogP contribution >= 0.6 is 0 Å². The molecule has 1 aromatic carbocycles. The molecule has 0 bridgehead atoms. The number of nitrogens with one attached hydrogen (secondary N) is 1. The van der Waals surface area contributed by atoms with Crippen LogP contribution in [-0.2, 0) is 15.7 Å². The predicted octanol–water partition coefficient (Wildman–Crippen LogP) is 3.17. The molecule has 0 radical (unpaired) electrons. The first-order valence-electron chi connectivity index (χ1n) is 6.80. The van der Waals surface area contributed by atoms with E-state index < -0.39 is 23.8 Å². The van der Waals surface area contributed by atoms with Crippen molar-refractivity contribution in [3.05, 3.63) is 41.6 Å². The number of nitrogens with zero attached hydrogens (tertiary/aromatic N) is 2. The number of halogens is 3. The lowest BCUT2D eigenvalue weighted by molar-refractivity contribution is -0.137. The molecule has 8 heteroatoms. The standard InChI is InChI=1S/C15H16F3N3O2/c1-9-7-13(19-14(22)10(2)23-3)21(20-9)12-6-4-5-11(8-12)15(16,17)18/h4-8,10H,1-3H3,(H,19,22)/t10-/m0/s1. The van der Waals surface area contributed by atoms with Gasteiger partial charge in [0.05, 0.1) is 16.9 Å². The SMILES string of the molecule is CO[C@@H](C)C(=O)Nc1cc(C)nn1-c1cccc(C(F)(F)F)c1. The summed E-state index contributed by atoms with van der Waals surface area (Å²) < 4.78 is 44.7. The molecule has 0 aliphatic heterocycles. The van der Waals surface area contributed by atoms with Gasteiger partial charge in [-0.15, -0.1) is 0 Å². The van der Waals surface area contributed by atoms with Gasteiger partial charge in [0.25, 0.3) is 5.91 Å². The fourth-order valence-corrected chi connectivity index (χ4v) is 1.93. The molecule has 1 aromatic heterocycles. The number of ether oxygens (including phenoxy) is 1. The number of hydrogen-bond acceptors (Lipinski definition) is 3. The molecule has 124 valence electrons. The van der Waals surface area contributed by atoms with E-state index in [0.29, 0.717) is 5.69 Å². The van der Waals surface area contributed by atoms with Gasteiger partial charge in [0.2, 0.25) is 0 Å². The highest BCUT2D eigenvalue weighted by atomic mass is 19.4. The fraction of sp³-hybridized carbons (Fsp3) is 0.333. The van der Waals surface area contributed by atoms with Gasteiger partial charge in [-0.1, -0.05) is 6.07 Å². The van der Waals surface area contributed by atoms with Gasteiger partial charge in [-0.05, 0) is 32.0 Å². The van der Waals surface area contributed by atoms with Gasteiger partial charge in [0.15, 0.2) is 0 Å². The Morgan fingerprint density at radius 2 is 2.04 bits per heavy atom. The topological polar surface area (TPSA) is 56.1 Å². The number of carbonyl (C=O) groups excluding carboxylic acids is 1. The van der Waals surface area contributed by atoms with E-state index in [4.69, 9.17) is 4.74 Å². The Hall–Kier alpha value is -2.35. The third-order valence-electron chi connectivity index (χ3n) is 3.22. The van der Waals surface area contributed by atoms with Crippen molar-refractivity contribution in [2.45, 2.75) is 26.1 Å². The highest BCUT2D eigenvalue weighted by Crippen LogP contribution is 2.31. The van der Waals surface area contributed by atoms with Gasteiger partial charge in [-0.25, -0.2) is 4.68 Å². The molecule has 1 heterocycles. The zero-order chi connectivity index (χ0) is 17.2. The fourth-order valence-electron chi connectivity index (χ4n) is 1.93. The van der Waals surface area contributed by atoms with Crippen LogP contribution in [0.1, 0.15) is 18.2 Å². The van der Waals surface area contributed by atoms with Crippen LogP contribution in [-0.4, -0.2) is 28.9 Å². The summed E-state index contributed by atoms with van der Waals surface area (Å²) >= 11 is 0. The summed E-state index contributed by atoms with van der Waals surface area (Å²) in [6.45, 7) is 3.24. The number of aryl methyl sites for hydroxylation is 1. The zero-order valence-corrected chi connectivity index (χ0v) is 12.8. The van der Waals surface area contributed by atoms with Crippen LogP contribution in [0.3, 0.4) is 0 Å². The predicted molar refractivity (Wildman–Crippen MR) is 78.4 cm³/mol. The molecule has 2 rings (SSSR count). The van der Waals surface area contributed by atoms with E-state index in [0.717, 1.165) is 12.1 Å². The third-order valence-corrected chi connectivity index (χ3v) is 3.22. The Bertz CT molecular complexity index is 710. The lowest BCUT2D eigenvalue weighted by Crippen LogP contribution is -2.27. The smallest absolute Gasteiger partial charge is 0.372 e. The number of hydrogen-bond donors (Lipinski definition) is 1. The largest absolute Gasteiger partial charge is 0.416 e. The summed E-state index contributed by atoms with van der Waals surface area (Å²) in [5.41, 5.74) is -0.0261. The van der Waals surface area contributed by atoms with Crippen molar-refractivity contribution in [1.82, 2.24) is 9.78 Å². The molecule has 1 N–H and O–H groups in total. The van der Waals surface area contributed by atoms with E-state index in [2.05, 4.69) is 10.4 Å². The summed E-state index contributed by atoms with van der Waals surface area (Å²) in [6.07, 6.45) is -5.15. The van der Waals surface area contributed by atoms with E-state index in [1.165, 1.54) is 23.9 Å². The number of alkyl halides is 3. The van der Waals surface area contributed by atoms with E-state index in [1.807, 2.05) is 0 Å².